The molecule has 0 spiro atoms. The predicted octanol–water partition coefficient (Wildman–Crippen LogP) is 2.46. The van der Waals surface area contributed by atoms with Crippen molar-refractivity contribution in [3.05, 3.63) is 34.9 Å². The SMILES string of the molecule is O=C1[C@H]2[C@@H]3C=C[C@H]([C@@H]4C[C@H]34)[C@@H]2C(=O)N1/N=C\c1cc2c(cc1Cl)OCO2. The second-order valence-electron chi connectivity index (χ2n) is 7.61. The maximum atomic E-state index is 12.9. The van der Waals surface area contributed by atoms with E-state index in [9.17, 15) is 9.59 Å². The molecule has 2 heterocycles. The molecule has 2 aliphatic heterocycles. The zero-order chi connectivity index (χ0) is 17.6. The van der Waals surface area contributed by atoms with Crippen molar-refractivity contribution in [1.82, 2.24) is 5.01 Å². The normalized spacial score (nSPS) is 38.3. The van der Waals surface area contributed by atoms with Gasteiger partial charge in [-0.1, -0.05) is 23.8 Å². The molecule has 6 nitrogen and oxygen atoms in total. The van der Waals surface area contributed by atoms with Gasteiger partial charge in [0.1, 0.15) is 0 Å². The fraction of sp³-hybridized carbons (Fsp3) is 0.421. The number of nitrogens with zero attached hydrogens (tertiary/aromatic N) is 2. The summed E-state index contributed by atoms with van der Waals surface area (Å²) in [5.41, 5.74) is 0.579. The summed E-state index contributed by atoms with van der Waals surface area (Å²) in [4.78, 5) is 25.8. The van der Waals surface area contributed by atoms with Crippen LogP contribution in [0.3, 0.4) is 0 Å². The highest BCUT2D eigenvalue weighted by molar-refractivity contribution is 6.33. The predicted molar refractivity (Wildman–Crippen MR) is 91.7 cm³/mol. The fourth-order valence-corrected chi connectivity index (χ4v) is 5.41. The molecule has 1 aromatic carbocycles. The number of hydrazone groups is 1. The first-order chi connectivity index (χ1) is 12.6. The van der Waals surface area contributed by atoms with Crippen LogP contribution in [0.5, 0.6) is 11.5 Å². The molecule has 0 unspecified atom stereocenters. The van der Waals surface area contributed by atoms with Crippen LogP contribution in [0, 0.1) is 35.5 Å². The van der Waals surface area contributed by atoms with Gasteiger partial charge in [0.25, 0.3) is 11.8 Å². The largest absolute Gasteiger partial charge is 0.454 e. The Bertz CT molecular complexity index is 890. The maximum Gasteiger partial charge on any atom is 0.254 e. The van der Waals surface area contributed by atoms with Gasteiger partial charge in [-0.05, 0) is 36.2 Å². The fourth-order valence-electron chi connectivity index (χ4n) is 5.21. The van der Waals surface area contributed by atoms with Crippen LogP contribution < -0.4 is 9.47 Å². The quantitative estimate of drug-likeness (QED) is 0.455. The van der Waals surface area contributed by atoms with Crippen LogP contribution in [-0.4, -0.2) is 29.8 Å². The number of fused-ring (bicyclic) bond motifs is 1. The summed E-state index contributed by atoms with van der Waals surface area (Å²) >= 11 is 6.24. The Morgan fingerprint density at radius 3 is 2.31 bits per heavy atom. The molecule has 7 heteroatoms. The number of ether oxygens (including phenoxy) is 2. The van der Waals surface area contributed by atoms with Gasteiger partial charge in [-0.3, -0.25) is 9.59 Å². The third kappa shape index (κ3) is 1.80. The molecule has 1 saturated heterocycles. The van der Waals surface area contributed by atoms with Gasteiger partial charge < -0.3 is 9.47 Å². The second kappa shape index (κ2) is 4.88. The van der Waals surface area contributed by atoms with Crippen molar-refractivity contribution in [1.29, 1.82) is 0 Å². The summed E-state index contributed by atoms with van der Waals surface area (Å²) in [5, 5.41) is 5.68. The minimum absolute atomic E-state index is 0.150. The van der Waals surface area contributed by atoms with E-state index in [-0.39, 0.29) is 42.3 Å². The lowest BCUT2D eigenvalue weighted by molar-refractivity contribution is -0.140. The average Bonchev–Trinajstić information content (AvgIpc) is 3.29. The number of rotatable bonds is 2. The first-order valence-electron chi connectivity index (χ1n) is 8.83. The summed E-state index contributed by atoms with van der Waals surface area (Å²) in [6, 6.07) is 3.35. The third-order valence-corrected chi connectivity index (χ3v) is 6.77. The molecule has 2 amide bonds. The highest BCUT2D eigenvalue weighted by atomic mass is 35.5. The van der Waals surface area contributed by atoms with Crippen LogP contribution in [0.2, 0.25) is 5.02 Å². The zero-order valence-electron chi connectivity index (χ0n) is 13.7. The van der Waals surface area contributed by atoms with Crippen molar-refractivity contribution in [3.63, 3.8) is 0 Å². The molecule has 0 radical (unpaired) electrons. The lowest BCUT2D eigenvalue weighted by atomic mass is 9.63. The van der Waals surface area contributed by atoms with Crippen LogP contribution in [-0.2, 0) is 9.59 Å². The van der Waals surface area contributed by atoms with Crippen LogP contribution in [0.1, 0.15) is 12.0 Å². The molecular weight excluding hydrogens is 356 g/mol. The van der Waals surface area contributed by atoms with Crippen LogP contribution in [0.4, 0.5) is 0 Å². The van der Waals surface area contributed by atoms with E-state index >= 15 is 0 Å². The van der Waals surface area contributed by atoms with Crippen molar-refractivity contribution >= 4 is 29.6 Å². The maximum absolute atomic E-state index is 12.9. The number of carbonyl (C=O) groups excluding carboxylic acids is 2. The monoisotopic (exact) mass is 370 g/mol. The molecule has 0 N–H and O–H groups in total. The minimum atomic E-state index is -0.245. The van der Waals surface area contributed by atoms with E-state index in [0.717, 1.165) is 11.4 Å². The highest BCUT2D eigenvalue weighted by Crippen LogP contribution is 2.65. The smallest absolute Gasteiger partial charge is 0.254 e. The number of halogens is 1. The molecule has 1 aromatic rings. The minimum Gasteiger partial charge on any atom is -0.454 e. The van der Waals surface area contributed by atoms with Gasteiger partial charge in [-0.15, -0.1) is 0 Å². The first-order valence-corrected chi connectivity index (χ1v) is 9.20. The van der Waals surface area contributed by atoms with Crippen LogP contribution in [0.15, 0.2) is 29.4 Å². The highest BCUT2D eigenvalue weighted by Gasteiger charge is 2.67. The van der Waals surface area contributed by atoms with Crippen molar-refractivity contribution in [3.8, 4) is 11.5 Å². The molecule has 132 valence electrons. The van der Waals surface area contributed by atoms with Gasteiger partial charge in [0.05, 0.1) is 23.1 Å². The number of carbonyl (C=O) groups is 2. The number of benzene rings is 1. The van der Waals surface area contributed by atoms with Crippen molar-refractivity contribution in [2.75, 3.05) is 6.79 Å². The lowest BCUT2D eigenvalue weighted by Crippen LogP contribution is -2.40. The van der Waals surface area contributed by atoms with E-state index in [2.05, 4.69) is 17.3 Å². The number of amides is 2. The summed E-state index contributed by atoms with van der Waals surface area (Å²) in [7, 11) is 0. The number of allylic oxidation sites excluding steroid dienone is 2. The van der Waals surface area contributed by atoms with Crippen molar-refractivity contribution in [2.45, 2.75) is 6.42 Å². The molecular formula is C19H15ClN2O4. The zero-order valence-corrected chi connectivity index (χ0v) is 14.4. The van der Waals surface area contributed by atoms with Gasteiger partial charge >= 0.3 is 0 Å². The van der Waals surface area contributed by atoms with E-state index < -0.39 is 0 Å². The average molecular weight is 371 g/mol. The Balaban J connectivity index is 1.32. The van der Waals surface area contributed by atoms with E-state index in [1.807, 2.05) is 0 Å². The van der Waals surface area contributed by atoms with Gasteiger partial charge in [0.2, 0.25) is 6.79 Å². The molecule has 2 saturated carbocycles. The van der Waals surface area contributed by atoms with Crippen molar-refractivity contribution < 1.29 is 19.1 Å². The molecule has 7 rings (SSSR count). The molecule has 6 aliphatic rings. The Morgan fingerprint density at radius 2 is 1.65 bits per heavy atom. The van der Waals surface area contributed by atoms with E-state index in [4.69, 9.17) is 21.1 Å². The standard InChI is InChI=1S/C19H15ClN2O4/c20-13-5-15-14(25-7-26-15)3-8(13)6-21-22-18(23)16-9-1-2-10(12-4-11(9)12)17(16)19(22)24/h1-3,5-6,9-12,16-17H,4,7H2/b21-6-/t9-,10-,11-,12+,16+,17+/m1/s1. The topological polar surface area (TPSA) is 68.2 Å². The van der Waals surface area contributed by atoms with Crippen LogP contribution >= 0.6 is 11.6 Å². The number of hydrogen-bond donors (Lipinski definition) is 0. The third-order valence-electron chi connectivity index (χ3n) is 6.44. The van der Waals surface area contributed by atoms with Gasteiger partial charge in [0.15, 0.2) is 11.5 Å². The Kier molecular flexibility index (Phi) is 2.78. The van der Waals surface area contributed by atoms with E-state index in [1.165, 1.54) is 6.21 Å². The molecule has 3 fully saturated rings. The van der Waals surface area contributed by atoms with Gasteiger partial charge in [0, 0.05) is 11.6 Å². The summed E-state index contributed by atoms with van der Waals surface area (Å²) in [6.07, 6.45) is 6.89. The summed E-state index contributed by atoms with van der Waals surface area (Å²) < 4.78 is 10.6. The number of hydrogen-bond acceptors (Lipinski definition) is 5. The molecule has 6 atom stereocenters. The van der Waals surface area contributed by atoms with Gasteiger partial charge in [-0.2, -0.15) is 10.1 Å². The van der Waals surface area contributed by atoms with E-state index in [1.54, 1.807) is 12.1 Å². The molecule has 4 aliphatic carbocycles. The summed E-state index contributed by atoms with van der Waals surface area (Å²) in [6.45, 7) is 0.150. The lowest BCUT2D eigenvalue weighted by Gasteiger charge is -2.37. The Labute approximate surface area is 154 Å². The number of imide groups is 1. The Hall–Kier alpha value is -2.34. The molecule has 0 aromatic heterocycles. The molecule has 26 heavy (non-hydrogen) atoms. The second-order valence-corrected chi connectivity index (χ2v) is 8.02. The Morgan fingerprint density at radius 1 is 1.04 bits per heavy atom. The van der Waals surface area contributed by atoms with E-state index in [0.29, 0.717) is 33.9 Å². The van der Waals surface area contributed by atoms with Gasteiger partial charge in [-0.25, -0.2) is 0 Å². The summed E-state index contributed by atoms with van der Waals surface area (Å²) in [5.74, 6) is 1.85. The first kappa shape index (κ1) is 14.8. The van der Waals surface area contributed by atoms with Crippen LogP contribution in [0.25, 0.3) is 0 Å². The molecule has 2 bridgehead atoms. The van der Waals surface area contributed by atoms with Crippen molar-refractivity contribution in [2.24, 2.45) is 40.6 Å².